The third-order valence-electron chi connectivity index (χ3n) is 4.72. The van der Waals surface area contributed by atoms with E-state index >= 15 is 0 Å². The molecule has 1 atom stereocenters. The summed E-state index contributed by atoms with van der Waals surface area (Å²) in [7, 11) is 0. The van der Waals surface area contributed by atoms with E-state index in [1.807, 2.05) is 12.1 Å². The van der Waals surface area contributed by atoms with Crippen LogP contribution >= 0.6 is 11.6 Å². The number of aromatic nitrogens is 2. The summed E-state index contributed by atoms with van der Waals surface area (Å²) < 4.78 is 19.2. The molecule has 1 saturated heterocycles. The van der Waals surface area contributed by atoms with Gasteiger partial charge in [-0.1, -0.05) is 28.9 Å². The van der Waals surface area contributed by atoms with Crippen LogP contribution in [0.1, 0.15) is 24.7 Å². The third-order valence-corrected chi connectivity index (χ3v) is 4.97. The number of halogens is 2. The fourth-order valence-electron chi connectivity index (χ4n) is 3.24. The topological polar surface area (TPSA) is 71.3 Å². The second-order valence-corrected chi connectivity index (χ2v) is 7.09. The van der Waals surface area contributed by atoms with Crippen LogP contribution in [0, 0.1) is 5.82 Å². The quantitative estimate of drug-likeness (QED) is 0.675. The molecule has 0 aliphatic carbocycles. The van der Waals surface area contributed by atoms with Gasteiger partial charge in [-0.05, 0) is 49.2 Å². The highest BCUT2D eigenvalue weighted by molar-refractivity contribution is 6.30. The van der Waals surface area contributed by atoms with Crippen LogP contribution in [0.25, 0.3) is 11.4 Å². The van der Waals surface area contributed by atoms with Crippen molar-refractivity contribution in [2.45, 2.75) is 18.8 Å². The number of carbonyl (C=O) groups is 1. The normalized spacial score (nSPS) is 16.8. The first kappa shape index (κ1) is 18.4. The Labute approximate surface area is 166 Å². The van der Waals surface area contributed by atoms with Gasteiger partial charge in [-0.3, -0.25) is 0 Å². The van der Waals surface area contributed by atoms with Crippen LogP contribution in [0.2, 0.25) is 5.02 Å². The largest absolute Gasteiger partial charge is 0.339 e. The van der Waals surface area contributed by atoms with E-state index < -0.39 is 5.82 Å². The Morgan fingerprint density at radius 1 is 1.21 bits per heavy atom. The first-order valence-corrected chi connectivity index (χ1v) is 9.38. The second-order valence-electron chi connectivity index (χ2n) is 6.66. The molecule has 6 nitrogen and oxygen atoms in total. The number of rotatable bonds is 3. The van der Waals surface area contributed by atoms with Gasteiger partial charge in [-0.2, -0.15) is 4.98 Å². The molecule has 2 amide bonds. The van der Waals surface area contributed by atoms with Crippen molar-refractivity contribution in [2.24, 2.45) is 0 Å². The van der Waals surface area contributed by atoms with Crippen molar-refractivity contribution < 1.29 is 13.7 Å². The molecule has 144 valence electrons. The fourth-order valence-corrected chi connectivity index (χ4v) is 3.36. The Kier molecular flexibility index (Phi) is 5.25. The number of amides is 2. The van der Waals surface area contributed by atoms with Gasteiger partial charge in [0.05, 0.1) is 11.6 Å². The Hall–Kier alpha value is -2.93. The summed E-state index contributed by atoms with van der Waals surface area (Å²) in [5.41, 5.74) is 0.974. The molecule has 8 heteroatoms. The molecule has 2 aromatic carbocycles. The monoisotopic (exact) mass is 400 g/mol. The number of likely N-dealkylation sites (tertiary alicyclic amines) is 1. The van der Waals surface area contributed by atoms with Gasteiger partial charge in [-0.15, -0.1) is 0 Å². The lowest BCUT2D eigenvalue weighted by Crippen LogP contribution is -2.41. The summed E-state index contributed by atoms with van der Waals surface area (Å²) in [5.74, 6) is 0.454. The maximum atomic E-state index is 13.8. The van der Waals surface area contributed by atoms with Crippen LogP contribution in [0.3, 0.4) is 0 Å². The van der Waals surface area contributed by atoms with Crippen molar-refractivity contribution in [2.75, 3.05) is 18.4 Å². The van der Waals surface area contributed by atoms with Crippen LogP contribution in [0.15, 0.2) is 53.1 Å². The van der Waals surface area contributed by atoms with Crippen molar-refractivity contribution in [3.05, 3.63) is 65.3 Å². The summed E-state index contributed by atoms with van der Waals surface area (Å²) in [6, 6.07) is 12.9. The Morgan fingerprint density at radius 3 is 2.79 bits per heavy atom. The lowest BCUT2D eigenvalue weighted by molar-refractivity contribution is 0.184. The van der Waals surface area contributed by atoms with E-state index in [2.05, 4.69) is 15.5 Å². The highest BCUT2D eigenvalue weighted by atomic mass is 35.5. The zero-order chi connectivity index (χ0) is 19.5. The molecule has 2 heterocycles. The highest BCUT2D eigenvalue weighted by Gasteiger charge is 2.29. The minimum absolute atomic E-state index is 0.0614. The zero-order valence-electron chi connectivity index (χ0n) is 14.9. The Bertz CT molecular complexity index is 976. The first-order chi connectivity index (χ1) is 13.6. The van der Waals surface area contributed by atoms with Gasteiger partial charge in [0.1, 0.15) is 5.82 Å². The molecule has 0 spiro atoms. The number of anilines is 1. The van der Waals surface area contributed by atoms with Crippen LogP contribution in [-0.4, -0.2) is 34.2 Å². The van der Waals surface area contributed by atoms with Crippen LogP contribution < -0.4 is 5.32 Å². The predicted molar refractivity (Wildman–Crippen MR) is 104 cm³/mol. The van der Waals surface area contributed by atoms with E-state index in [1.165, 1.54) is 12.1 Å². The molecule has 1 aliphatic heterocycles. The lowest BCUT2D eigenvalue weighted by Gasteiger charge is -2.31. The minimum atomic E-state index is -0.464. The minimum Gasteiger partial charge on any atom is -0.339 e. The SMILES string of the molecule is O=C(Nc1ccccc1F)N1CCC[C@@H](c2nc(-c3ccc(Cl)cc3)no2)C1. The molecular weight excluding hydrogens is 383 g/mol. The first-order valence-electron chi connectivity index (χ1n) is 9.00. The summed E-state index contributed by atoms with van der Waals surface area (Å²) in [5, 5.41) is 7.30. The average Bonchev–Trinajstić information content (AvgIpc) is 3.21. The Balaban J connectivity index is 1.44. The number of nitrogens with one attached hydrogen (secondary N) is 1. The van der Waals surface area contributed by atoms with Crippen molar-refractivity contribution in [1.82, 2.24) is 15.0 Å². The third kappa shape index (κ3) is 3.99. The fraction of sp³-hybridized carbons (Fsp3) is 0.250. The molecule has 0 unspecified atom stereocenters. The van der Waals surface area contributed by atoms with Crippen LogP contribution in [0.5, 0.6) is 0 Å². The Morgan fingerprint density at radius 2 is 2.00 bits per heavy atom. The van der Waals surface area contributed by atoms with E-state index in [0.29, 0.717) is 29.8 Å². The van der Waals surface area contributed by atoms with Crippen LogP contribution in [0.4, 0.5) is 14.9 Å². The molecule has 0 bridgehead atoms. The number of benzene rings is 2. The predicted octanol–water partition coefficient (Wildman–Crippen LogP) is 4.94. The summed E-state index contributed by atoms with van der Waals surface area (Å²) in [6.07, 6.45) is 1.64. The summed E-state index contributed by atoms with van der Waals surface area (Å²) in [6.45, 7) is 1.03. The molecule has 1 aliphatic rings. The van der Waals surface area contributed by atoms with E-state index in [4.69, 9.17) is 16.1 Å². The number of para-hydroxylation sites is 1. The molecule has 28 heavy (non-hydrogen) atoms. The van der Waals surface area contributed by atoms with E-state index in [0.717, 1.165) is 18.4 Å². The summed E-state index contributed by atoms with van der Waals surface area (Å²) >= 11 is 5.91. The molecule has 1 N–H and O–H groups in total. The van der Waals surface area contributed by atoms with Gasteiger partial charge >= 0.3 is 6.03 Å². The molecule has 1 fully saturated rings. The molecule has 0 radical (unpaired) electrons. The van der Waals surface area contributed by atoms with E-state index in [1.54, 1.807) is 29.2 Å². The van der Waals surface area contributed by atoms with Crippen molar-refractivity contribution in [3.8, 4) is 11.4 Å². The van der Waals surface area contributed by atoms with Crippen LogP contribution in [-0.2, 0) is 0 Å². The van der Waals surface area contributed by atoms with Crippen molar-refractivity contribution in [3.63, 3.8) is 0 Å². The maximum absolute atomic E-state index is 13.8. The lowest BCUT2D eigenvalue weighted by atomic mass is 9.98. The number of nitrogens with zero attached hydrogens (tertiary/aromatic N) is 3. The number of urea groups is 1. The smallest absolute Gasteiger partial charge is 0.321 e. The number of carbonyl (C=O) groups excluding carboxylic acids is 1. The van der Waals surface area contributed by atoms with Gasteiger partial charge in [0.15, 0.2) is 0 Å². The van der Waals surface area contributed by atoms with Gasteiger partial charge in [-0.25, -0.2) is 9.18 Å². The van der Waals surface area contributed by atoms with Gasteiger partial charge in [0.2, 0.25) is 11.7 Å². The number of hydrogen-bond donors (Lipinski definition) is 1. The molecule has 4 rings (SSSR count). The maximum Gasteiger partial charge on any atom is 0.321 e. The van der Waals surface area contributed by atoms with E-state index in [9.17, 15) is 9.18 Å². The highest BCUT2D eigenvalue weighted by Crippen LogP contribution is 2.28. The molecular formula is C20H18ClFN4O2. The van der Waals surface area contributed by atoms with Crippen molar-refractivity contribution >= 4 is 23.3 Å². The number of hydrogen-bond acceptors (Lipinski definition) is 4. The number of piperidine rings is 1. The molecule has 3 aromatic rings. The van der Waals surface area contributed by atoms with Gasteiger partial charge < -0.3 is 14.7 Å². The average molecular weight is 401 g/mol. The van der Waals surface area contributed by atoms with Gasteiger partial charge in [0.25, 0.3) is 0 Å². The molecule has 1 aromatic heterocycles. The summed E-state index contributed by atoms with van der Waals surface area (Å²) in [4.78, 5) is 18.7. The van der Waals surface area contributed by atoms with E-state index in [-0.39, 0.29) is 17.6 Å². The zero-order valence-corrected chi connectivity index (χ0v) is 15.7. The molecule has 0 saturated carbocycles. The van der Waals surface area contributed by atoms with Crippen molar-refractivity contribution in [1.29, 1.82) is 0 Å². The second kappa shape index (κ2) is 7.98. The standard InChI is InChI=1S/C20H18ClFN4O2/c21-15-9-7-13(8-10-15)18-24-19(28-25-18)14-4-3-11-26(12-14)20(27)23-17-6-2-1-5-16(17)22/h1-2,5-10,14H,3-4,11-12H2,(H,23,27)/t14-/m1/s1. The van der Waals surface area contributed by atoms with Gasteiger partial charge in [0, 0.05) is 23.7 Å².